The molecule has 0 bridgehead atoms. The molecule has 0 unspecified atom stereocenters. The fourth-order valence-electron chi connectivity index (χ4n) is 2.50. The molecule has 96 valence electrons. The largest absolute Gasteiger partial charge is 0.389 e. The van der Waals surface area contributed by atoms with Crippen LogP contribution in [-0.4, -0.2) is 17.2 Å². The number of allylic oxidation sites excluding steroid dienone is 3. The van der Waals surface area contributed by atoms with E-state index in [2.05, 4.69) is 0 Å². The topological polar surface area (TPSA) is 66.6 Å². The van der Waals surface area contributed by atoms with Crippen molar-refractivity contribution in [1.29, 1.82) is 0 Å². The molecular formula is C15H14N2O2. The van der Waals surface area contributed by atoms with Gasteiger partial charge in [-0.15, -0.1) is 0 Å². The van der Waals surface area contributed by atoms with Crippen molar-refractivity contribution < 1.29 is 9.90 Å². The van der Waals surface area contributed by atoms with E-state index >= 15 is 0 Å². The van der Waals surface area contributed by atoms with Crippen molar-refractivity contribution in [3.63, 3.8) is 0 Å². The van der Waals surface area contributed by atoms with Crippen LogP contribution in [0.5, 0.6) is 0 Å². The van der Waals surface area contributed by atoms with Gasteiger partial charge < -0.3 is 10.8 Å². The zero-order chi connectivity index (χ0) is 13.4. The number of nitrogens with two attached hydrogens (primary N) is 1. The number of benzene rings is 1. The van der Waals surface area contributed by atoms with Gasteiger partial charge in [0.15, 0.2) is 0 Å². The average molecular weight is 254 g/mol. The molecule has 1 aromatic rings. The van der Waals surface area contributed by atoms with Crippen LogP contribution in [0.1, 0.15) is 12.0 Å². The monoisotopic (exact) mass is 254 g/mol. The summed E-state index contributed by atoms with van der Waals surface area (Å²) in [5, 5.41) is 9.79. The summed E-state index contributed by atoms with van der Waals surface area (Å²) in [4.78, 5) is 13.0. The van der Waals surface area contributed by atoms with Gasteiger partial charge in [-0.3, -0.25) is 4.90 Å². The summed E-state index contributed by atoms with van der Waals surface area (Å²) in [5.41, 5.74) is 9.14. The molecule has 0 fully saturated rings. The minimum Gasteiger partial charge on any atom is -0.389 e. The van der Waals surface area contributed by atoms with Crippen molar-refractivity contribution in [2.24, 2.45) is 5.73 Å². The number of carbonyl (C=O) groups is 1. The maximum absolute atomic E-state index is 11.6. The summed E-state index contributed by atoms with van der Waals surface area (Å²) in [5.74, 6) is 0. The minimum absolute atomic E-state index is 0.486. The van der Waals surface area contributed by atoms with Crippen LogP contribution < -0.4 is 10.6 Å². The lowest BCUT2D eigenvalue weighted by Crippen LogP contribution is -2.31. The molecule has 1 aliphatic carbocycles. The number of hydrogen-bond donors (Lipinski definition) is 2. The number of aliphatic hydroxyl groups excluding tert-OH is 1. The minimum atomic E-state index is -0.520. The van der Waals surface area contributed by atoms with Crippen LogP contribution >= 0.6 is 0 Å². The molecule has 3 N–H and O–H groups in total. The Morgan fingerprint density at radius 1 is 1.32 bits per heavy atom. The molecule has 1 aromatic carbocycles. The number of hydrogen-bond acceptors (Lipinski definition) is 2. The van der Waals surface area contributed by atoms with E-state index in [0.29, 0.717) is 6.42 Å². The molecule has 1 atom stereocenters. The van der Waals surface area contributed by atoms with Crippen molar-refractivity contribution in [2.45, 2.75) is 12.5 Å². The number of aliphatic hydroxyl groups is 1. The highest BCUT2D eigenvalue weighted by Crippen LogP contribution is 2.37. The molecular weight excluding hydrogens is 240 g/mol. The summed E-state index contributed by atoms with van der Waals surface area (Å²) in [6.45, 7) is 0. The van der Waals surface area contributed by atoms with E-state index in [4.69, 9.17) is 5.73 Å². The van der Waals surface area contributed by atoms with Crippen LogP contribution in [0.25, 0.3) is 5.57 Å². The molecule has 0 saturated carbocycles. The first-order valence-electron chi connectivity index (χ1n) is 6.12. The third-order valence-electron chi connectivity index (χ3n) is 3.39. The van der Waals surface area contributed by atoms with Gasteiger partial charge in [-0.25, -0.2) is 4.79 Å². The van der Waals surface area contributed by atoms with Crippen LogP contribution in [-0.2, 0) is 0 Å². The van der Waals surface area contributed by atoms with Crippen molar-refractivity contribution in [3.8, 4) is 0 Å². The van der Waals surface area contributed by atoms with Gasteiger partial charge >= 0.3 is 6.03 Å². The lowest BCUT2D eigenvalue weighted by atomic mass is 9.90. The van der Waals surface area contributed by atoms with Gasteiger partial charge in [-0.05, 0) is 23.3 Å². The molecule has 3 rings (SSSR count). The average Bonchev–Trinajstić information content (AvgIpc) is 2.56. The first-order valence-corrected chi connectivity index (χ1v) is 6.12. The Morgan fingerprint density at radius 2 is 2.11 bits per heavy atom. The molecule has 0 radical (unpaired) electrons. The van der Waals surface area contributed by atoms with E-state index in [0.717, 1.165) is 22.4 Å². The Kier molecular flexibility index (Phi) is 2.72. The third kappa shape index (κ3) is 1.96. The fourth-order valence-corrected chi connectivity index (χ4v) is 2.50. The molecule has 1 heterocycles. The van der Waals surface area contributed by atoms with Gasteiger partial charge in [0.2, 0.25) is 0 Å². The summed E-state index contributed by atoms with van der Waals surface area (Å²) in [6.07, 6.45) is 7.21. The SMILES string of the molecule is NC(=O)N1C=CC2=C(C[C@H](O)C=C2)c2ccccc21. The lowest BCUT2D eigenvalue weighted by molar-refractivity contribution is 0.228. The van der Waals surface area contributed by atoms with Crippen molar-refractivity contribution in [1.82, 2.24) is 0 Å². The van der Waals surface area contributed by atoms with Crippen molar-refractivity contribution in [3.05, 3.63) is 59.8 Å². The molecule has 4 heteroatoms. The summed E-state index contributed by atoms with van der Waals surface area (Å²) in [6, 6.07) is 7.06. The Bertz CT molecular complexity index is 629. The lowest BCUT2D eigenvalue weighted by Gasteiger charge is -2.21. The number of urea groups is 1. The molecule has 4 nitrogen and oxygen atoms in total. The number of amides is 2. The van der Waals surface area contributed by atoms with E-state index in [-0.39, 0.29) is 0 Å². The standard InChI is InChI=1S/C15H14N2O2/c16-15(19)17-8-7-10-5-6-11(18)9-13(10)12-3-1-2-4-14(12)17/h1-8,11,18H,9H2,(H2,16,19)/t11-/m1/s1. The normalized spacial score (nSPS) is 20.9. The van der Waals surface area contributed by atoms with Crippen LogP contribution in [0.15, 0.2) is 54.3 Å². The van der Waals surface area contributed by atoms with E-state index in [1.54, 1.807) is 12.3 Å². The molecule has 19 heavy (non-hydrogen) atoms. The third-order valence-corrected chi connectivity index (χ3v) is 3.39. The van der Waals surface area contributed by atoms with Crippen LogP contribution in [0.2, 0.25) is 0 Å². The smallest absolute Gasteiger partial charge is 0.323 e. The number of nitrogens with zero attached hydrogens (tertiary/aromatic N) is 1. The number of fused-ring (bicyclic) bond motifs is 2. The second-order valence-electron chi connectivity index (χ2n) is 4.61. The van der Waals surface area contributed by atoms with Gasteiger partial charge in [0.25, 0.3) is 0 Å². The van der Waals surface area contributed by atoms with Gasteiger partial charge in [0.1, 0.15) is 0 Å². The predicted molar refractivity (Wildman–Crippen MR) is 74.3 cm³/mol. The maximum Gasteiger partial charge on any atom is 0.323 e. The molecule has 2 aliphatic rings. The summed E-state index contributed by atoms with van der Waals surface area (Å²) in [7, 11) is 0. The highest BCUT2D eigenvalue weighted by molar-refractivity contribution is 5.98. The highest BCUT2D eigenvalue weighted by atomic mass is 16.3. The number of rotatable bonds is 0. The Hall–Kier alpha value is -2.33. The first-order chi connectivity index (χ1) is 9.16. The predicted octanol–water partition coefficient (Wildman–Crippen LogP) is 2.17. The van der Waals surface area contributed by atoms with Crippen molar-refractivity contribution in [2.75, 3.05) is 4.90 Å². The maximum atomic E-state index is 11.6. The molecule has 2 amide bonds. The Morgan fingerprint density at radius 3 is 2.89 bits per heavy atom. The molecule has 1 aliphatic heterocycles. The summed E-state index contributed by atoms with van der Waals surface area (Å²) < 4.78 is 0. The second kappa shape index (κ2) is 4.40. The Labute approximate surface area is 111 Å². The van der Waals surface area contributed by atoms with Crippen LogP contribution in [0, 0.1) is 0 Å². The zero-order valence-corrected chi connectivity index (χ0v) is 10.3. The van der Waals surface area contributed by atoms with Crippen molar-refractivity contribution >= 4 is 17.3 Å². The van der Waals surface area contributed by atoms with Gasteiger partial charge in [-0.2, -0.15) is 0 Å². The van der Waals surface area contributed by atoms with E-state index in [1.165, 1.54) is 4.90 Å². The Balaban J connectivity index is 2.21. The molecule has 0 spiro atoms. The first kappa shape index (κ1) is 11.7. The highest BCUT2D eigenvalue weighted by Gasteiger charge is 2.23. The number of primary amides is 1. The van der Waals surface area contributed by atoms with Crippen LogP contribution in [0.3, 0.4) is 0 Å². The second-order valence-corrected chi connectivity index (χ2v) is 4.61. The quantitative estimate of drug-likeness (QED) is 0.745. The summed E-state index contributed by atoms with van der Waals surface area (Å²) >= 11 is 0. The molecule has 0 saturated heterocycles. The van der Waals surface area contributed by atoms with E-state index < -0.39 is 12.1 Å². The number of para-hydroxylation sites is 1. The van der Waals surface area contributed by atoms with E-state index in [9.17, 15) is 9.90 Å². The van der Waals surface area contributed by atoms with Gasteiger partial charge in [0, 0.05) is 18.2 Å². The molecule has 0 aromatic heterocycles. The number of anilines is 1. The fraction of sp³-hybridized carbons (Fsp3) is 0.133. The van der Waals surface area contributed by atoms with Crippen LogP contribution in [0.4, 0.5) is 10.5 Å². The zero-order valence-electron chi connectivity index (χ0n) is 10.3. The van der Waals surface area contributed by atoms with Gasteiger partial charge in [-0.1, -0.05) is 30.4 Å². The number of carbonyl (C=O) groups excluding carboxylic acids is 1. The van der Waals surface area contributed by atoms with Gasteiger partial charge in [0.05, 0.1) is 11.8 Å². The van der Waals surface area contributed by atoms with E-state index in [1.807, 2.05) is 36.4 Å².